The first-order valence-electron chi connectivity index (χ1n) is 10.1. The highest BCUT2D eigenvalue weighted by atomic mass is 35.5. The molecule has 0 amide bonds. The molecular formula is C23H34ClNO2. The van der Waals surface area contributed by atoms with Crippen molar-refractivity contribution < 1.29 is 9.53 Å². The molecule has 0 aromatic heterocycles. The topological polar surface area (TPSA) is 29.5 Å². The summed E-state index contributed by atoms with van der Waals surface area (Å²) in [6.45, 7) is 9.28. The van der Waals surface area contributed by atoms with Gasteiger partial charge in [0.2, 0.25) is 0 Å². The van der Waals surface area contributed by atoms with Crippen LogP contribution >= 0.6 is 12.4 Å². The Hall–Kier alpha value is -1.32. The maximum Gasteiger partial charge on any atom is 0.314 e. The molecule has 1 aliphatic carbocycles. The molecule has 0 saturated carbocycles. The number of rotatable bonds is 6. The molecule has 1 fully saturated rings. The molecule has 3 nitrogen and oxygen atoms in total. The molecule has 0 radical (unpaired) electrons. The number of carbonyl (C=O) groups is 1. The van der Waals surface area contributed by atoms with Crippen molar-refractivity contribution in [1.82, 2.24) is 4.90 Å². The predicted octanol–water partition coefficient (Wildman–Crippen LogP) is 5.21. The Balaban J connectivity index is 0.00000261. The number of nitrogens with zero attached hydrogens (tertiary/aromatic N) is 1. The summed E-state index contributed by atoms with van der Waals surface area (Å²) in [6.07, 6.45) is 8.97. The number of esters is 1. The molecule has 1 saturated heterocycles. The Kier molecular flexibility index (Phi) is 7.93. The fourth-order valence-electron chi connectivity index (χ4n) is 4.74. The molecule has 1 aliphatic heterocycles. The van der Waals surface area contributed by atoms with Crippen LogP contribution in [0.3, 0.4) is 0 Å². The lowest BCUT2D eigenvalue weighted by Gasteiger charge is -2.31. The Morgan fingerprint density at radius 3 is 2.63 bits per heavy atom. The summed E-state index contributed by atoms with van der Waals surface area (Å²) in [5.41, 5.74) is 1.28. The van der Waals surface area contributed by atoms with E-state index in [-0.39, 0.29) is 35.8 Å². The molecule has 4 heteroatoms. The van der Waals surface area contributed by atoms with Gasteiger partial charge in [-0.15, -0.1) is 12.4 Å². The number of likely N-dealkylation sites (tertiary alicyclic amines) is 1. The number of allylic oxidation sites excluding steroid dienone is 2. The number of benzene rings is 1. The Morgan fingerprint density at radius 2 is 2.04 bits per heavy atom. The average Bonchev–Trinajstić information content (AvgIpc) is 2.88. The quantitative estimate of drug-likeness (QED) is 0.492. The van der Waals surface area contributed by atoms with Crippen molar-refractivity contribution in [2.45, 2.75) is 57.9 Å². The van der Waals surface area contributed by atoms with Crippen LogP contribution in [0.1, 0.15) is 57.9 Å². The minimum absolute atomic E-state index is 0. The van der Waals surface area contributed by atoms with Crippen LogP contribution in [0.25, 0.3) is 0 Å². The predicted molar refractivity (Wildman–Crippen MR) is 113 cm³/mol. The molecule has 1 aromatic rings. The molecule has 2 aliphatic rings. The number of hydrogen-bond acceptors (Lipinski definition) is 3. The summed E-state index contributed by atoms with van der Waals surface area (Å²) in [5, 5.41) is 0. The van der Waals surface area contributed by atoms with Crippen molar-refractivity contribution in [3.8, 4) is 0 Å². The van der Waals surface area contributed by atoms with E-state index in [4.69, 9.17) is 4.74 Å². The van der Waals surface area contributed by atoms with Gasteiger partial charge in [-0.2, -0.15) is 0 Å². The second-order valence-corrected chi connectivity index (χ2v) is 8.65. The van der Waals surface area contributed by atoms with Gasteiger partial charge in [-0.05, 0) is 56.9 Å². The van der Waals surface area contributed by atoms with Gasteiger partial charge in [-0.25, -0.2) is 0 Å². The van der Waals surface area contributed by atoms with E-state index in [1.54, 1.807) is 0 Å². The minimum Gasteiger partial charge on any atom is -0.464 e. The lowest BCUT2D eigenvalue weighted by Crippen LogP contribution is -2.40. The molecule has 3 rings (SSSR count). The van der Waals surface area contributed by atoms with E-state index in [0.29, 0.717) is 12.5 Å². The Morgan fingerprint density at radius 1 is 1.30 bits per heavy atom. The first-order chi connectivity index (χ1) is 12.5. The largest absolute Gasteiger partial charge is 0.464 e. The molecule has 150 valence electrons. The molecule has 1 aromatic carbocycles. The third kappa shape index (κ3) is 5.58. The zero-order chi connectivity index (χ0) is 18.6. The zero-order valence-corrected chi connectivity index (χ0v) is 17.7. The van der Waals surface area contributed by atoms with Crippen LogP contribution in [0.2, 0.25) is 0 Å². The van der Waals surface area contributed by atoms with Crippen molar-refractivity contribution >= 4 is 18.4 Å². The van der Waals surface area contributed by atoms with E-state index in [1.807, 2.05) is 18.2 Å². The van der Waals surface area contributed by atoms with Crippen LogP contribution in [0.15, 0.2) is 42.5 Å². The summed E-state index contributed by atoms with van der Waals surface area (Å²) in [7, 11) is 0. The molecule has 0 spiro atoms. The summed E-state index contributed by atoms with van der Waals surface area (Å²) in [4.78, 5) is 15.4. The van der Waals surface area contributed by atoms with Crippen molar-refractivity contribution in [1.29, 1.82) is 0 Å². The lowest BCUT2D eigenvalue weighted by atomic mass is 9.80. The third-order valence-corrected chi connectivity index (χ3v) is 5.97. The van der Waals surface area contributed by atoms with Crippen LogP contribution in [-0.2, 0) is 9.53 Å². The fourth-order valence-corrected chi connectivity index (χ4v) is 4.74. The Bertz CT molecular complexity index is 629. The van der Waals surface area contributed by atoms with Gasteiger partial charge in [-0.1, -0.05) is 49.4 Å². The van der Waals surface area contributed by atoms with Gasteiger partial charge in [0.1, 0.15) is 6.61 Å². The molecule has 27 heavy (non-hydrogen) atoms. The van der Waals surface area contributed by atoms with Gasteiger partial charge >= 0.3 is 5.97 Å². The maximum atomic E-state index is 13.0. The Labute approximate surface area is 170 Å². The van der Waals surface area contributed by atoms with Crippen LogP contribution in [0.4, 0.5) is 0 Å². The minimum atomic E-state index is -0.182. The fraction of sp³-hybridized carbons (Fsp3) is 0.609. The van der Waals surface area contributed by atoms with E-state index in [0.717, 1.165) is 37.9 Å². The summed E-state index contributed by atoms with van der Waals surface area (Å²) in [6, 6.07) is 10.1. The highest BCUT2D eigenvalue weighted by Crippen LogP contribution is 2.34. The molecule has 3 unspecified atom stereocenters. The summed E-state index contributed by atoms with van der Waals surface area (Å²) < 4.78 is 5.79. The van der Waals surface area contributed by atoms with Gasteiger partial charge in [0, 0.05) is 18.6 Å². The van der Waals surface area contributed by atoms with E-state index < -0.39 is 0 Å². The monoisotopic (exact) mass is 391 g/mol. The van der Waals surface area contributed by atoms with Crippen molar-refractivity contribution in [2.75, 3.05) is 19.7 Å². The first kappa shape index (κ1) is 22.0. The number of carbonyl (C=O) groups excluding carboxylic acids is 1. The molecule has 3 atom stereocenters. The highest BCUT2D eigenvalue weighted by Gasteiger charge is 2.36. The zero-order valence-electron chi connectivity index (χ0n) is 16.9. The van der Waals surface area contributed by atoms with E-state index in [2.05, 4.69) is 50.0 Å². The van der Waals surface area contributed by atoms with E-state index in [9.17, 15) is 4.79 Å². The second kappa shape index (κ2) is 9.75. The van der Waals surface area contributed by atoms with Crippen LogP contribution in [-0.4, -0.2) is 36.1 Å². The molecule has 0 N–H and O–H groups in total. The highest BCUT2D eigenvalue weighted by molar-refractivity contribution is 5.85. The lowest BCUT2D eigenvalue weighted by molar-refractivity contribution is -0.147. The van der Waals surface area contributed by atoms with E-state index >= 15 is 0 Å². The SMILES string of the molecule is CC1CN(CCOC(=O)C(c2ccccc2)C2C=CCCC2)C(C)(C)C1.Cl. The number of hydrogen-bond donors (Lipinski definition) is 0. The molecule has 1 heterocycles. The van der Waals surface area contributed by atoms with Gasteiger partial charge in [-0.3, -0.25) is 9.69 Å². The summed E-state index contributed by atoms with van der Waals surface area (Å²) >= 11 is 0. The van der Waals surface area contributed by atoms with Gasteiger partial charge in [0.15, 0.2) is 0 Å². The smallest absolute Gasteiger partial charge is 0.314 e. The molecule has 0 bridgehead atoms. The second-order valence-electron chi connectivity index (χ2n) is 8.65. The summed E-state index contributed by atoms with van der Waals surface area (Å²) in [5.74, 6) is 0.711. The number of ether oxygens (including phenoxy) is 1. The number of halogens is 1. The van der Waals surface area contributed by atoms with E-state index in [1.165, 1.54) is 6.42 Å². The first-order valence-corrected chi connectivity index (χ1v) is 10.1. The van der Waals surface area contributed by atoms with Gasteiger partial charge < -0.3 is 4.74 Å². The standard InChI is InChI=1S/C23H33NO2.ClH/c1-18-16-23(2,3)24(17-18)14-15-26-22(25)21(19-10-6-4-7-11-19)20-12-8-5-9-13-20;/h4,6-8,10-12,18,20-21H,5,9,13-17H2,1-3H3;1H. The molecular weight excluding hydrogens is 358 g/mol. The maximum absolute atomic E-state index is 13.0. The normalized spacial score (nSPS) is 25.6. The van der Waals surface area contributed by atoms with Gasteiger partial charge in [0.05, 0.1) is 5.92 Å². The van der Waals surface area contributed by atoms with Crippen molar-refractivity contribution in [3.05, 3.63) is 48.0 Å². The van der Waals surface area contributed by atoms with Crippen LogP contribution in [0, 0.1) is 11.8 Å². The van der Waals surface area contributed by atoms with Crippen LogP contribution < -0.4 is 0 Å². The van der Waals surface area contributed by atoms with Crippen molar-refractivity contribution in [3.63, 3.8) is 0 Å². The van der Waals surface area contributed by atoms with Crippen molar-refractivity contribution in [2.24, 2.45) is 11.8 Å². The average molecular weight is 392 g/mol. The van der Waals surface area contributed by atoms with Gasteiger partial charge in [0.25, 0.3) is 0 Å². The third-order valence-electron chi connectivity index (χ3n) is 5.97. The van der Waals surface area contributed by atoms with Crippen LogP contribution in [0.5, 0.6) is 0 Å².